The number of non-ortho nitro benzene ring substituents is 1. The Bertz CT molecular complexity index is 804. The van der Waals surface area contributed by atoms with Crippen LogP contribution in [0.2, 0.25) is 0 Å². The Morgan fingerprint density at radius 2 is 1.74 bits per heavy atom. The van der Waals surface area contributed by atoms with Crippen molar-refractivity contribution in [3.05, 3.63) is 54.6 Å². The van der Waals surface area contributed by atoms with E-state index in [4.69, 9.17) is 4.74 Å². The van der Waals surface area contributed by atoms with Crippen molar-refractivity contribution in [1.82, 2.24) is 0 Å². The van der Waals surface area contributed by atoms with Crippen LogP contribution < -0.4 is 10.1 Å². The molecule has 0 spiro atoms. The van der Waals surface area contributed by atoms with Crippen LogP contribution in [0.15, 0.2) is 24.3 Å². The van der Waals surface area contributed by atoms with E-state index in [-0.39, 0.29) is 22.1 Å². The Morgan fingerprint density at radius 1 is 1.04 bits per heavy atom. The van der Waals surface area contributed by atoms with E-state index in [0.29, 0.717) is 11.3 Å². The fourth-order valence-corrected chi connectivity index (χ4v) is 2.57. The van der Waals surface area contributed by atoms with Gasteiger partial charge in [-0.05, 0) is 17.4 Å². The van der Waals surface area contributed by atoms with Gasteiger partial charge in [0.25, 0.3) is 5.69 Å². The lowest BCUT2D eigenvalue weighted by Crippen LogP contribution is -1.97. The van der Waals surface area contributed by atoms with Crippen LogP contribution in [-0.2, 0) is 0 Å². The fraction of sp³-hybridized carbons (Fsp3) is 0.0909. The highest BCUT2D eigenvalue weighted by Crippen LogP contribution is 2.42. The zero-order chi connectivity index (χ0) is 17.1. The lowest BCUT2D eigenvalue weighted by molar-refractivity contribution is -0.389. The van der Waals surface area contributed by atoms with E-state index >= 15 is 0 Å². The van der Waals surface area contributed by atoms with E-state index in [1.165, 1.54) is 19.2 Å². The van der Waals surface area contributed by atoms with Crippen molar-refractivity contribution in [1.29, 1.82) is 0 Å². The van der Waals surface area contributed by atoms with E-state index in [2.05, 4.69) is 5.32 Å². The number of ether oxygens (including phenoxy) is 1. The van der Waals surface area contributed by atoms with Crippen molar-refractivity contribution in [2.24, 2.45) is 0 Å². The smallest absolute Gasteiger partial charge is 0.333 e. The van der Waals surface area contributed by atoms with Crippen LogP contribution in [0.4, 0.5) is 27.1 Å². The van der Waals surface area contributed by atoms with Gasteiger partial charge in [-0.2, -0.15) is 0 Å². The summed E-state index contributed by atoms with van der Waals surface area (Å²) in [4.78, 5) is 30.4. The number of hydrogen-bond acceptors (Lipinski definition) is 9. The molecule has 2 rings (SSSR count). The third-order valence-corrected chi connectivity index (χ3v) is 3.71. The molecule has 0 aliphatic rings. The van der Waals surface area contributed by atoms with Crippen molar-refractivity contribution in [3.8, 4) is 5.75 Å². The molecular formula is C11H8N4O7S. The number of nitrogens with one attached hydrogen (secondary N) is 1. The number of nitrogens with zero attached hydrogens (tertiary/aromatic N) is 3. The Hall–Kier alpha value is -3.28. The Labute approximate surface area is 131 Å². The maximum absolute atomic E-state index is 11.0. The molecule has 1 heterocycles. The van der Waals surface area contributed by atoms with E-state index in [9.17, 15) is 30.3 Å². The van der Waals surface area contributed by atoms with Crippen LogP contribution in [0.5, 0.6) is 5.75 Å². The molecule has 0 bridgehead atoms. The van der Waals surface area contributed by atoms with Crippen LogP contribution in [0, 0.1) is 30.3 Å². The second-order valence-corrected chi connectivity index (χ2v) is 5.11. The summed E-state index contributed by atoms with van der Waals surface area (Å²) >= 11 is 0.547. The molecule has 0 fully saturated rings. The van der Waals surface area contributed by atoms with Crippen molar-refractivity contribution >= 4 is 38.4 Å². The molecule has 0 radical (unpaired) electrons. The number of benzene rings is 1. The van der Waals surface area contributed by atoms with E-state index in [0.717, 1.165) is 12.1 Å². The van der Waals surface area contributed by atoms with Crippen molar-refractivity contribution in [3.63, 3.8) is 0 Å². The molecule has 0 aliphatic carbocycles. The fourth-order valence-electron chi connectivity index (χ4n) is 1.71. The highest BCUT2D eigenvalue weighted by molar-refractivity contribution is 7.19. The van der Waals surface area contributed by atoms with Gasteiger partial charge in [0.05, 0.1) is 27.6 Å². The van der Waals surface area contributed by atoms with Gasteiger partial charge in [-0.3, -0.25) is 30.3 Å². The maximum Gasteiger partial charge on any atom is 0.333 e. The lowest BCUT2D eigenvalue weighted by atomic mass is 10.2. The molecule has 0 unspecified atom stereocenters. The van der Waals surface area contributed by atoms with Gasteiger partial charge >= 0.3 is 10.7 Å². The highest BCUT2D eigenvalue weighted by atomic mass is 32.1. The lowest BCUT2D eigenvalue weighted by Gasteiger charge is -2.08. The normalized spacial score (nSPS) is 10.1. The molecule has 0 aliphatic heterocycles. The first-order valence-electron chi connectivity index (χ1n) is 5.85. The van der Waals surface area contributed by atoms with E-state index in [1.54, 1.807) is 0 Å². The molecule has 12 heteroatoms. The number of anilines is 2. The maximum atomic E-state index is 11.0. The van der Waals surface area contributed by atoms with E-state index < -0.39 is 25.5 Å². The predicted molar refractivity (Wildman–Crippen MR) is 80.6 cm³/mol. The second kappa shape index (κ2) is 6.23. The van der Waals surface area contributed by atoms with Crippen molar-refractivity contribution in [2.75, 3.05) is 12.4 Å². The minimum absolute atomic E-state index is 0.0848. The Balaban J connectivity index is 2.49. The van der Waals surface area contributed by atoms with Gasteiger partial charge in [0.15, 0.2) is 5.00 Å². The Kier molecular flexibility index (Phi) is 4.36. The van der Waals surface area contributed by atoms with Gasteiger partial charge in [0, 0.05) is 12.1 Å². The molecule has 0 atom stereocenters. The van der Waals surface area contributed by atoms with E-state index in [1.807, 2.05) is 0 Å². The highest BCUT2D eigenvalue weighted by Gasteiger charge is 2.26. The van der Waals surface area contributed by atoms with Crippen molar-refractivity contribution < 1.29 is 19.5 Å². The molecule has 2 aromatic rings. The monoisotopic (exact) mass is 340 g/mol. The second-order valence-electron chi connectivity index (χ2n) is 4.08. The van der Waals surface area contributed by atoms with Crippen LogP contribution in [0.1, 0.15) is 0 Å². The molecule has 11 nitrogen and oxygen atoms in total. The first-order valence-corrected chi connectivity index (χ1v) is 6.67. The molecular weight excluding hydrogens is 332 g/mol. The largest absolute Gasteiger partial charge is 0.495 e. The van der Waals surface area contributed by atoms with Gasteiger partial charge in [-0.1, -0.05) is 0 Å². The van der Waals surface area contributed by atoms with Gasteiger partial charge in [-0.25, -0.2) is 0 Å². The number of rotatable bonds is 6. The summed E-state index contributed by atoms with van der Waals surface area (Å²) in [6.07, 6.45) is 0. The first-order chi connectivity index (χ1) is 10.8. The summed E-state index contributed by atoms with van der Waals surface area (Å²) in [5.41, 5.74) is -0.682. The van der Waals surface area contributed by atoms with Crippen LogP contribution in [-0.4, -0.2) is 21.9 Å². The minimum Gasteiger partial charge on any atom is -0.495 e. The van der Waals surface area contributed by atoms with Gasteiger partial charge in [0.2, 0.25) is 0 Å². The topological polar surface area (TPSA) is 151 Å². The standard InChI is InChI=1S/C11H8N4O7S/c1-22-9-3-2-6(13(16)17)4-7(9)12-11-8(14(18)19)5-10(23-11)15(20)21/h2-5,12H,1H3. The molecule has 120 valence electrons. The molecule has 1 aromatic carbocycles. The van der Waals surface area contributed by atoms with Crippen LogP contribution >= 0.6 is 11.3 Å². The average molecular weight is 340 g/mol. The van der Waals surface area contributed by atoms with Crippen LogP contribution in [0.3, 0.4) is 0 Å². The summed E-state index contributed by atoms with van der Waals surface area (Å²) in [7, 11) is 1.32. The minimum atomic E-state index is -0.782. The number of hydrogen-bond donors (Lipinski definition) is 1. The average Bonchev–Trinajstić information content (AvgIpc) is 2.91. The zero-order valence-electron chi connectivity index (χ0n) is 11.4. The summed E-state index contributed by atoms with van der Waals surface area (Å²) in [5, 5.41) is 34.6. The van der Waals surface area contributed by atoms with Crippen LogP contribution in [0.25, 0.3) is 0 Å². The SMILES string of the molecule is COc1ccc([N+](=O)[O-])cc1Nc1sc([N+](=O)[O-])cc1[N+](=O)[O-]. The van der Waals surface area contributed by atoms with Gasteiger partial charge < -0.3 is 10.1 Å². The number of thiophene rings is 1. The molecule has 0 saturated carbocycles. The van der Waals surface area contributed by atoms with Gasteiger partial charge in [-0.15, -0.1) is 0 Å². The number of nitro groups is 3. The predicted octanol–water partition coefficient (Wildman–Crippen LogP) is 3.22. The Morgan fingerprint density at radius 3 is 2.26 bits per heavy atom. The summed E-state index contributed by atoms with van der Waals surface area (Å²) < 4.78 is 5.02. The molecule has 0 amide bonds. The molecule has 1 N–H and O–H groups in total. The molecule has 0 saturated heterocycles. The quantitative estimate of drug-likeness (QED) is 0.621. The number of nitro benzene ring substituents is 1. The third-order valence-electron chi connectivity index (χ3n) is 2.72. The summed E-state index contributed by atoms with van der Waals surface area (Å²) in [6, 6.07) is 4.45. The first kappa shape index (κ1) is 16.1. The third kappa shape index (κ3) is 3.32. The van der Waals surface area contributed by atoms with Gasteiger partial charge in [0.1, 0.15) is 11.8 Å². The number of methoxy groups -OCH3 is 1. The molecule has 23 heavy (non-hydrogen) atoms. The van der Waals surface area contributed by atoms with Crippen molar-refractivity contribution in [2.45, 2.75) is 0 Å². The zero-order valence-corrected chi connectivity index (χ0v) is 12.2. The summed E-state index contributed by atoms with van der Waals surface area (Å²) in [5.74, 6) is 0.195. The summed E-state index contributed by atoms with van der Waals surface area (Å²) in [6.45, 7) is 0. The molecule has 1 aromatic heterocycles.